The zero-order valence-electron chi connectivity index (χ0n) is 7.66. The molecule has 0 saturated heterocycles. The Labute approximate surface area is 85.6 Å². The number of nitrogens with zero attached hydrogens (tertiary/aromatic N) is 4. The number of rotatable bonds is 2. The van der Waals surface area contributed by atoms with E-state index in [0.29, 0.717) is 23.1 Å². The molecule has 0 aliphatic rings. The summed E-state index contributed by atoms with van der Waals surface area (Å²) >= 11 is 0. The van der Waals surface area contributed by atoms with E-state index in [9.17, 15) is 4.79 Å². The second-order valence-electron chi connectivity index (χ2n) is 2.84. The van der Waals surface area contributed by atoms with Crippen molar-refractivity contribution in [2.45, 2.75) is 0 Å². The van der Waals surface area contributed by atoms with E-state index in [-0.39, 0.29) is 0 Å². The zero-order chi connectivity index (χ0) is 10.7. The molecule has 0 spiro atoms. The summed E-state index contributed by atoms with van der Waals surface area (Å²) in [5, 5.41) is 12.6. The molecular weight excluding hydrogens is 192 g/mol. The third kappa shape index (κ3) is 1.60. The third-order valence-electron chi connectivity index (χ3n) is 1.95. The van der Waals surface area contributed by atoms with Crippen molar-refractivity contribution in [2.75, 3.05) is 0 Å². The van der Waals surface area contributed by atoms with Crippen molar-refractivity contribution < 1.29 is 4.79 Å². The van der Waals surface area contributed by atoms with Crippen LogP contribution in [0.25, 0.3) is 5.69 Å². The molecule has 0 saturated carbocycles. The van der Waals surface area contributed by atoms with Crippen molar-refractivity contribution in [3.05, 3.63) is 42.0 Å². The molecule has 0 radical (unpaired) electrons. The highest BCUT2D eigenvalue weighted by Crippen LogP contribution is 2.13. The Bertz CT molecular complexity index is 525. The van der Waals surface area contributed by atoms with Crippen LogP contribution in [0.3, 0.4) is 0 Å². The van der Waals surface area contributed by atoms with Crippen molar-refractivity contribution in [1.29, 1.82) is 5.26 Å². The number of nitriles is 1. The van der Waals surface area contributed by atoms with E-state index in [4.69, 9.17) is 5.26 Å². The first-order valence-corrected chi connectivity index (χ1v) is 4.19. The van der Waals surface area contributed by atoms with E-state index >= 15 is 0 Å². The fourth-order valence-corrected chi connectivity index (χ4v) is 1.26. The van der Waals surface area contributed by atoms with Gasteiger partial charge in [-0.15, -0.1) is 0 Å². The van der Waals surface area contributed by atoms with Crippen molar-refractivity contribution in [3.8, 4) is 11.8 Å². The zero-order valence-corrected chi connectivity index (χ0v) is 7.66. The summed E-state index contributed by atoms with van der Waals surface area (Å²) in [5.74, 6) is 0. The number of hydrogen-bond acceptors (Lipinski definition) is 4. The van der Waals surface area contributed by atoms with Crippen LogP contribution in [0.15, 0.2) is 30.9 Å². The molecule has 1 aromatic carbocycles. The molecule has 5 heteroatoms. The maximum atomic E-state index is 10.8. The van der Waals surface area contributed by atoms with Gasteiger partial charge in [-0.05, 0) is 18.2 Å². The maximum Gasteiger partial charge on any atom is 0.152 e. The van der Waals surface area contributed by atoms with Crippen LogP contribution in [-0.4, -0.2) is 21.1 Å². The lowest BCUT2D eigenvalue weighted by Gasteiger charge is -2.03. The van der Waals surface area contributed by atoms with Crippen LogP contribution in [0.1, 0.15) is 15.9 Å². The lowest BCUT2D eigenvalue weighted by Crippen LogP contribution is -1.99. The molecule has 0 unspecified atom stereocenters. The largest absolute Gasteiger partial charge is 0.298 e. The van der Waals surface area contributed by atoms with Gasteiger partial charge in [0.1, 0.15) is 12.7 Å². The SMILES string of the molecule is N#Cc1ccc(-n2cncn2)c(C=O)c1. The van der Waals surface area contributed by atoms with E-state index in [2.05, 4.69) is 10.1 Å². The third-order valence-corrected chi connectivity index (χ3v) is 1.95. The number of carbonyl (C=O) groups is 1. The molecule has 0 aliphatic heterocycles. The molecule has 2 aromatic rings. The molecule has 0 fully saturated rings. The summed E-state index contributed by atoms with van der Waals surface area (Å²) in [5.41, 5.74) is 1.47. The Morgan fingerprint density at radius 2 is 2.33 bits per heavy atom. The van der Waals surface area contributed by atoms with Gasteiger partial charge in [0.25, 0.3) is 0 Å². The number of aromatic nitrogens is 3. The van der Waals surface area contributed by atoms with Gasteiger partial charge < -0.3 is 0 Å². The molecule has 0 amide bonds. The van der Waals surface area contributed by atoms with Crippen molar-refractivity contribution in [3.63, 3.8) is 0 Å². The van der Waals surface area contributed by atoms with Gasteiger partial charge in [-0.2, -0.15) is 10.4 Å². The predicted octanol–water partition coefficient (Wildman–Crippen LogP) is 0.951. The first-order valence-electron chi connectivity index (χ1n) is 4.19. The quantitative estimate of drug-likeness (QED) is 0.673. The molecule has 0 N–H and O–H groups in total. The van der Waals surface area contributed by atoms with Crippen LogP contribution in [0.4, 0.5) is 0 Å². The van der Waals surface area contributed by atoms with Crippen molar-refractivity contribution in [2.24, 2.45) is 0 Å². The summed E-state index contributed by atoms with van der Waals surface area (Å²) in [6.45, 7) is 0. The highest BCUT2D eigenvalue weighted by molar-refractivity contribution is 5.81. The minimum atomic E-state index is 0.416. The van der Waals surface area contributed by atoms with E-state index in [1.54, 1.807) is 12.1 Å². The molecule has 15 heavy (non-hydrogen) atoms. The van der Waals surface area contributed by atoms with Crippen LogP contribution >= 0.6 is 0 Å². The first kappa shape index (κ1) is 9.09. The van der Waals surface area contributed by atoms with Crippen LogP contribution in [0, 0.1) is 11.3 Å². The molecule has 2 rings (SSSR count). The van der Waals surface area contributed by atoms with E-state index in [1.165, 1.54) is 23.4 Å². The summed E-state index contributed by atoms with van der Waals surface area (Å²) in [7, 11) is 0. The number of aldehydes is 1. The van der Waals surface area contributed by atoms with Gasteiger partial charge in [0.15, 0.2) is 6.29 Å². The first-order chi connectivity index (χ1) is 7.35. The molecule has 1 aromatic heterocycles. The molecule has 0 aliphatic carbocycles. The summed E-state index contributed by atoms with van der Waals surface area (Å²) < 4.78 is 1.48. The van der Waals surface area contributed by atoms with Gasteiger partial charge in [0.2, 0.25) is 0 Å². The Morgan fingerprint density at radius 3 is 2.93 bits per heavy atom. The monoisotopic (exact) mass is 198 g/mol. The standard InChI is InChI=1S/C10H6N4O/c11-4-8-1-2-10(9(3-8)5-15)14-7-12-6-13-14/h1-3,5-7H. The molecule has 72 valence electrons. The van der Waals surface area contributed by atoms with Crippen molar-refractivity contribution in [1.82, 2.24) is 14.8 Å². The fourth-order valence-electron chi connectivity index (χ4n) is 1.26. The second-order valence-corrected chi connectivity index (χ2v) is 2.84. The van der Waals surface area contributed by atoms with E-state index in [0.717, 1.165) is 0 Å². The minimum Gasteiger partial charge on any atom is -0.298 e. The maximum absolute atomic E-state index is 10.8. The van der Waals surface area contributed by atoms with Gasteiger partial charge in [-0.3, -0.25) is 4.79 Å². The Kier molecular flexibility index (Phi) is 2.25. The molecule has 0 bridgehead atoms. The van der Waals surface area contributed by atoms with Crippen molar-refractivity contribution >= 4 is 6.29 Å². The van der Waals surface area contributed by atoms with Crippen LogP contribution in [0.2, 0.25) is 0 Å². The molecular formula is C10H6N4O. The lowest BCUT2D eigenvalue weighted by molar-refractivity contribution is 0.112. The van der Waals surface area contributed by atoms with Gasteiger partial charge in [0.05, 0.1) is 17.3 Å². The Morgan fingerprint density at radius 1 is 1.47 bits per heavy atom. The van der Waals surface area contributed by atoms with Gasteiger partial charge in [0, 0.05) is 5.56 Å². The number of carbonyl (C=O) groups excluding carboxylic acids is 1. The molecule has 1 heterocycles. The highest BCUT2D eigenvalue weighted by Gasteiger charge is 2.05. The minimum absolute atomic E-state index is 0.416. The van der Waals surface area contributed by atoms with Crippen LogP contribution < -0.4 is 0 Å². The van der Waals surface area contributed by atoms with E-state index < -0.39 is 0 Å². The number of hydrogen-bond donors (Lipinski definition) is 0. The van der Waals surface area contributed by atoms with Crippen LogP contribution in [-0.2, 0) is 0 Å². The smallest absolute Gasteiger partial charge is 0.152 e. The second kappa shape index (κ2) is 3.72. The molecule has 0 atom stereocenters. The average molecular weight is 198 g/mol. The normalized spacial score (nSPS) is 9.53. The summed E-state index contributed by atoms with van der Waals surface area (Å²) in [6, 6.07) is 6.78. The van der Waals surface area contributed by atoms with Gasteiger partial charge in [-0.1, -0.05) is 0 Å². The summed E-state index contributed by atoms with van der Waals surface area (Å²) in [4.78, 5) is 14.6. The lowest BCUT2D eigenvalue weighted by atomic mass is 10.1. The number of benzene rings is 1. The predicted molar refractivity (Wildman–Crippen MR) is 51.5 cm³/mol. The average Bonchev–Trinajstić information content (AvgIpc) is 2.81. The molecule has 5 nitrogen and oxygen atoms in total. The summed E-state index contributed by atoms with van der Waals surface area (Å²) in [6.07, 6.45) is 3.57. The van der Waals surface area contributed by atoms with Gasteiger partial charge in [-0.25, -0.2) is 9.67 Å². The van der Waals surface area contributed by atoms with E-state index in [1.807, 2.05) is 6.07 Å². The Balaban J connectivity index is 2.59. The fraction of sp³-hybridized carbons (Fsp3) is 0. The topological polar surface area (TPSA) is 71.6 Å². The van der Waals surface area contributed by atoms with Crippen LogP contribution in [0.5, 0.6) is 0 Å². The Hall–Kier alpha value is -2.48. The highest BCUT2D eigenvalue weighted by atomic mass is 16.1. The van der Waals surface area contributed by atoms with Gasteiger partial charge >= 0.3 is 0 Å².